The lowest BCUT2D eigenvalue weighted by Crippen LogP contribution is -2.00. The summed E-state index contributed by atoms with van der Waals surface area (Å²) in [5, 5.41) is 13.0. The third kappa shape index (κ3) is 4.02. The molecule has 0 aliphatic heterocycles. The lowest BCUT2D eigenvalue weighted by Gasteiger charge is -2.10. The van der Waals surface area contributed by atoms with E-state index in [1.807, 2.05) is 31.2 Å². The Morgan fingerprint density at radius 3 is 2.79 bits per heavy atom. The van der Waals surface area contributed by atoms with Gasteiger partial charge in [0.25, 0.3) is 0 Å². The van der Waals surface area contributed by atoms with E-state index in [0.29, 0.717) is 18.9 Å². The van der Waals surface area contributed by atoms with Crippen LogP contribution in [-0.4, -0.2) is 11.7 Å². The average Bonchev–Trinajstić information content (AvgIpc) is 2.40. The fourth-order valence-electron chi connectivity index (χ4n) is 1.74. The molecular weight excluding hydrogens is 353 g/mol. The van der Waals surface area contributed by atoms with E-state index in [2.05, 4.69) is 40.0 Å². The van der Waals surface area contributed by atoms with Crippen molar-refractivity contribution in [3.05, 3.63) is 51.6 Å². The number of hydrogen-bond acceptors (Lipinski definition) is 3. The summed E-state index contributed by atoms with van der Waals surface area (Å²) >= 11 is 2.29. The van der Waals surface area contributed by atoms with Crippen LogP contribution in [-0.2, 0) is 6.54 Å². The number of anilines is 1. The van der Waals surface area contributed by atoms with E-state index in [4.69, 9.17) is 4.74 Å². The number of nitrogens with one attached hydrogen (secondary N) is 1. The molecule has 0 fully saturated rings. The summed E-state index contributed by atoms with van der Waals surface area (Å²) in [6.07, 6.45) is 0. The first-order valence-electron chi connectivity index (χ1n) is 6.13. The fourth-order valence-corrected chi connectivity index (χ4v) is 2.29. The van der Waals surface area contributed by atoms with E-state index in [0.717, 1.165) is 11.3 Å². The van der Waals surface area contributed by atoms with Gasteiger partial charge in [0.1, 0.15) is 0 Å². The van der Waals surface area contributed by atoms with Gasteiger partial charge in [0.15, 0.2) is 11.5 Å². The largest absolute Gasteiger partial charge is 0.504 e. The summed E-state index contributed by atoms with van der Waals surface area (Å²) in [5.74, 6) is 0.712. The van der Waals surface area contributed by atoms with Gasteiger partial charge in [-0.1, -0.05) is 12.1 Å². The second-order valence-electron chi connectivity index (χ2n) is 4.10. The van der Waals surface area contributed by atoms with E-state index in [1.165, 1.54) is 3.57 Å². The number of aromatic hydroxyl groups is 1. The molecule has 0 heterocycles. The topological polar surface area (TPSA) is 41.5 Å². The highest BCUT2D eigenvalue weighted by Crippen LogP contribution is 2.27. The molecule has 2 aromatic carbocycles. The highest BCUT2D eigenvalue weighted by atomic mass is 127. The normalized spacial score (nSPS) is 10.2. The number of ether oxygens (including phenoxy) is 1. The van der Waals surface area contributed by atoms with Crippen molar-refractivity contribution >= 4 is 28.3 Å². The maximum absolute atomic E-state index is 9.64. The zero-order valence-electron chi connectivity index (χ0n) is 10.7. The molecule has 0 saturated carbocycles. The maximum atomic E-state index is 9.64. The molecule has 2 N–H and O–H groups in total. The van der Waals surface area contributed by atoms with Gasteiger partial charge < -0.3 is 15.2 Å². The van der Waals surface area contributed by atoms with Gasteiger partial charge in [-0.05, 0) is 65.4 Å². The SMILES string of the molecule is CCOc1cc(CNc2cccc(I)c2)ccc1O. The van der Waals surface area contributed by atoms with Crippen LogP contribution in [0.2, 0.25) is 0 Å². The molecule has 2 rings (SSSR count). The Balaban J connectivity index is 2.05. The summed E-state index contributed by atoms with van der Waals surface area (Å²) in [5.41, 5.74) is 2.15. The van der Waals surface area contributed by atoms with E-state index in [1.54, 1.807) is 6.07 Å². The van der Waals surface area contributed by atoms with Crippen LogP contribution >= 0.6 is 22.6 Å². The Bertz CT molecular complexity index is 558. The summed E-state index contributed by atoms with van der Waals surface area (Å²) in [4.78, 5) is 0. The van der Waals surface area contributed by atoms with Crippen molar-refractivity contribution in [3.63, 3.8) is 0 Å². The zero-order valence-corrected chi connectivity index (χ0v) is 12.8. The third-order valence-electron chi connectivity index (χ3n) is 2.65. The average molecular weight is 369 g/mol. The van der Waals surface area contributed by atoms with Gasteiger partial charge in [-0.2, -0.15) is 0 Å². The highest BCUT2D eigenvalue weighted by molar-refractivity contribution is 14.1. The van der Waals surface area contributed by atoms with Crippen LogP contribution in [0.25, 0.3) is 0 Å². The first-order valence-corrected chi connectivity index (χ1v) is 7.21. The van der Waals surface area contributed by atoms with Crippen molar-refractivity contribution < 1.29 is 9.84 Å². The van der Waals surface area contributed by atoms with E-state index >= 15 is 0 Å². The summed E-state index contributed by atoms with van der Waals surface area (Å²) in [7, 11) is 0. The zero-order chi connectivity index (χ0) is 13.7. The lowest BCUT2D eigenvalue weighted by molar-refractivity contribution is 0.318. The predicted molar refractivity (Wildman–Crippen MR) is 85.8 cm³/mol. The van der Waals surface area contributed by atoms with Crippen LogP contribution < -0.4 is 10.1 Å². The molecule has 0 atom stereocenters. The molecular formula is C15H16INO2. The molecule has 0 unspecified atom stereocenters. The minimum Gasteiger partial charge on any atom is -0.504 e. The Hall–Kier alpha value is -1.43. The summed E-state index contributed by atoms with van der Waals surface area (Å²) in [6.45, 7) is 3.14. The molecule has 0 spiro atoms. The van der Waals surface area contributed by atoms with Crippen molar-refractivity contribution in [2.45, 2.75) is 13.5 Å². The fraction of sp³-hybridized carbons (Fsp3) is 0.200. The highest BCUT2D eigenvalue weighted by Gasteiger charge is 2.03. The quantitative estimate of drug-likeness (QED) is 0.783. The molecule has 19 heavy (non-hydrogen) atoms. The summed E-state index contributed by atoms with van der Waals surface area (Å²) < 4.78 is 6.57. The molecule has 0 bridgehead atoms. The van der Waals surface area contributed by atoms with Crippen molar-refractivity contribution in [3.8, 4) is 11.5 Å². The number of phenolic OH excluding ortho intramolecular Hbond substituents is 1. The molecule has 2 aromatic rings. The molecule has 0 aliphatic carbocycles. The second-order valence-corrected chi connectivity index (χ2v) is 5.34. The smallest absolute Gasteiger partial charge is 0.161 e. The van der Waals surface area contributed by atoms with Gasteiger partial charge in [-0.15, -0.1) is 0 Å². The van der Waals surface area contributed by atoms with Gasteiger partial charge in [0.2, 0.25) is 0 Å². The molecule has 0 radical (unpaired) electrons. The molecule has 100 valence electrons. The Kier molecular flexibility index (Phi) is 4.90. The molecule has 0 saturated heterocycles. The van der Waals surface area contributed by atoms with Crippen LogP contribution in [0.5, 0.6) is 11.5 Å². The number of halogens is 1. The van der Waals surface area contributed by atoms with E-state index in [9.17, 15) is 5.11 Å². The van der Waals surface area contributed by atoms with Gasteiger partial charge in [0.05, 0.1) is 6.61 Å². The van der Waals surface area contributed by atoms with Crippen LogP contribution in [0.1, 0.15) is 12.5 Å². The number of benzene rings is 2. The van der Waals surface area contributed by atoms with E-state index in [-0.39, 0.29) is 5.75 Å². The van der Waals surface area contributed by atoms with Gasteiger partial charge in [-0.3, -0.25) is 0 Å². The minimum absolute atomic E-state index is 0.180. The van der Waals surface area contributed by atoms with Crippen molar-refractivity contribution in [2.75, 3.05) is 11.9 Å². The first kappa shape index (κ1) is 14.0. The van der Waals surface area contributed by atoms with Crippen LogP contribution in [0.3, 0.4) is 0 Å². The first-order chi connectivity index (χ1) is 9.19. The third-order valence-corrected chi connectivity index (χ3v) is 3.32. The Labute approximate surface area is 126 Å². The van der Waals surface area contributed by atoms with Crippen molar-refractivity contribution in [2.24, 2.45) is 0 Å². The summed E-state index contributed by atoms with van der Waals surface area (Å²) in [6, 6.07) is 13.6. The van der Waals surface area contributed by atoms with Gasteiger partial charge in [0, 0.05) is 15.8 Å². The molecule has 4 heteroatoms. The number of hydrogen-bond donors (Lipinski definition) is 2. The Morgan fingerprint density at radius 1 is 1.21 bits per heavy atom. The minimum atomic E-state index is 0.180. The number of phenols is 1. The Morgan fingerprint density at radius 2 is 2.05 bits per heavy atom. The van der Waals surface area contributed by atoms with Crippen molar-refractivity contribution in [1.82, 2.24) is 0 Å². The van der Waals surface area contributed by atoms with Crippen LogP contribution in [0, 0.1) is 3.57 Å². The molecule has 0 amide bonds. The molecule has 3 nitrogen and oxygen atoms in total. The van der Waals surface area contributed by atoms with Crippen molar-refractivity contribution in [1.29, 1.82) is 0 Å². The lowest BCUT2D eigenvalue weighted by atomic mass is 10.2. The molecule has 0 aromatic heterocycles. The van der Waals surface area contributed by atoms with Crippen LogP contribution in [0.4, 0.5) is 5.69 Å². The number of rotatable bonds is 5. The molecule has 0 aliphatic rings. The second kappa shape index (κ2) is 6.65. The van der Waals surface area contributed by atoms with Gasteiger partial charge >= 0.3 is 0 Å². The monoisotopic (exact) mass is 369 g/mol. The standard InChI is InChI=1S/C15H16INO2/c1-2-19-15-8-11(6-7-14(15)18)10-17-13-5-3-4-12(16)9-13/h3-9,17-18H,2,10H2,1H3. The van der Waals surface area contributed by atoms with E-state index < -0.39 is 0 Å². The van der Waals surface area contributed by atoms with Crippen LogP contribution in [0.15, 0.2) is 42.5 Å². The maximum Gasteiger partial charge on any atom is 0.161 e. The predicted octanol–water partition coefficient (Wildman–Crippen LogP) is 4.01. The van der Waals surface area contributed by atoms with Gasteiger partial charge in [-0.25, -0.2) is 0 Å².